The van der Waals surface area contributed by atoms with Gasteiger partial charge < -0.3 is 14.4 Å². The molecule has 1 aliphatic rings. The Balaban J connectivity index is 1.54. The lowest BCUT2D eigenvalue weighted by Crippen LogP contribution is -2.48. The van der Waals surface area contributed by atoms with Crippen molar-refractivity contribution < 1.29 is 19.1 Å². The highest BCUT2D eigenvalue weighted by Crippen LogP contribution is 2.34. The van der Waals surface area contributed by atoms with Gasteiger partial charge in [-0.05, 0) is 37.3 Å². The van der Waals surface area contributed by atoms with Crippen LogP contribution in [0.4, 0.5) is 10.8 Å². The molecule has 0 spiro atoms. The van der Waals surface area contributed by atoms with Crippen molar-refractivity contribution in [2.75, 3.05) is 23.4 Å². The number of ether oxygens (including phenoxy) is 2. The number of hydrogen-bond acceptors (Lipinski definition) is 6. The number of rotatable bonds is 4. The number of thiazole rings is 1. The van der Waals surface area contributed by atoms with Gasteiger partial charge in [-0.2, -0.15) is 0 Å². The molecule has 1 aromatic heterocycles. The van der Waals surface area contributed by atoms with Gasteiger partial charge in [0.25, 0.3) is 5.91 Å². The zero-order valence-electron chi connectivity index (χ0n) is 15.5. The van der Waals surface area contributed by atoms with Crippen LogP contribution in [0.2, 0.25) is 0 Å². The third-order valence-corrected chi connectivity index (χ3v) is 5.28. The Morgan fingerprint density at radius 2 is 2.14 bits per heavy atom. The van der Waals surface area contributed by atoms with Crippen molar-refractivity contribution in [3.8, 4) is 11.5 Å². The highest BCUT2D eigenvalue weighted by molar-refractivity contribution is 7.22. The number of fused-ring (bicyclic) bond motifs is 2. The van der Waals surface area contributed by atoms with Crippen LogP contribution in [0.15, 0.2) is 42.5 Å². The third kappa shape index (κ3) is 3.50. The average Bonchev–Trinajstić information content (AvgIpc) is 3.08. The average molecular weight is 397 g/mol. The van der Waals surface area contributed by atoms with Gasteiger partial charge in [-0.3, -0.25) is 14.9 Å². The number of hydrogen-bond donors (Lipinski definition) is 1. The Labute approximate surface area is 165 Å². The number of aromatic nitrogens is 1. The van der Waals surface area contributed by atoms with Gasteiger partial charge in [0.05, 0.1) is 29.1 Å². The molecule has 1 N–H and O–H groups in total. The lowest BCUT2D eigenvalue weighted by molar-refractivity contribution is -0.123. The maximum Gasteiger partial charge on any atom is 0.269 e. The lowest BCUT2D eigenvalue weighted by Gasteiger charge is -2.33. The molecule has 1 aliphatic heterocycles. The van der Waals surface area contributed by atoms with Gasteiger partial charge in [0.15, 0.2) is 11.2 Å². The van der Waals surface area contributed by atoms with Crippen LogP contribution in [0.25, 0.3) is 10.2 Å². The minimum absolute atomic E-state index is 0.142. The van der Waals surface area contributed by atoms with E-state index in [1.165, 1.54) is 18.3 Å². The summed E-state index contributed by atoms with van der Waals surface area (Å²) in [4.78, 5) is 30.8. The first-order chi connectivity index (χ1) is 13.5. The fourth-order valence-corrected chi connectivity index (χ4v) is 3.97. The predicted octanol–water partition coefficient (Wildman–Crippen LogP) is 3.45. The molecule has 0 saturated carbocycles. The van der Waals surface area contributed by atoms with Crippen molar-refractivity contribution >= 4 is 44.2 Å². The van der Waals surface area contributed by atoms with E-state index in [0.29, 0.717) is 23.2 Å². The molecule has 0 radical (unpaired) electrons. The monoisotopic (exact) mass is 397 g/mol. The minimum atomic E-state index is -0.815. The molecule has 1 atom stereocenters. The van der Waals surface area contributed by atoms with E-state index in [4.69, 9.17) is 9.47 Å². The third-order valence-electron chi connectivity index (χ3n) is 4.35. The summed E-state index contributed by atoms with van der Waals surface area (Å²) in [7, 11) is 0. The molecule has 0 fully saturated rings. The summed E-state index contributed by atoms with van der Waals surface area (Å²) in [5.74, 6) is 0.789. The molecule has 2 aromatic carbocycles. The summed E-state index contributed by atoms with van der Waals surface area (Å²) in [5.41, 5.74) is 1.45. The number of nitrogens with one attached hydrogen (secondary N) is 1. The summed E-state index contributed by atoms with van der Waals surface area (Å²) in [6.45, 7) is 4.13. The van der Waals surface area contributed by atoms with Crippen molar-refractivity contribution in [1.82, 2.24) is 4.98 Å². The van der Waals surface area contributed by atoms with Crippen molar-refractivity contribution in [3.63, 3.8) is 0 Å². The van der Waals surface area contributed by atoms with Gasteiger partial charge in [-0.1, -0.05) is 23.5 Å². The molecule has 144 valence electrons. The van der Waals surface area contributed by atoms with Crippen LogP contribution in [0, 0.1) is 0 Å². The fourth-order valence-electron chi connectivity index (χ4n) is 3.07. The lowest BCUT2D eigenvalue weighted by atomic mass is 10.2. The standard InChI is InChI=1S/C20H19N3O4S/c1-3-26-13-8-9-14-18(10-13)28-20(21-14)22-19(25)17-11-23(12(2)24)15-6-4-5-7-16(15)27-17/h4-10,17H,3,11H2,1-2H3,(H,21,22,25). The van der Waals surface area contributed by atoms with Crippen LogP contribution in [0.3, 0.4) is 0 Å². The number of benzene rings is 2. The first-order valence-electron chi connectivity index (χ1n) is 8.93. The summed E-state index contributed by atoms with van der Waals surface area (Å²) < 4.78 is 12.2. The van der Waals surface area contributed by atoms with E-state index in [9.17, 15) is 9.59 Å². The smallest absolute Gasteiger partial charge is 0.269 e. The van der Waals surface area contributed by atoms with Crippen molar-refractivity contribution in [1.29, 1.82) is 0 Å². The van der Waals surface area contributed by atoms with Crippen molar-refractivity contribution in [2.45, 2.75) is 20.0 Å². The molecule has 28 heavy (non-hydrogen) atoms. The van der Waals surface area contributed by atoms with E-state index in [2.05, 4.69) is 10.3 Å². The Hall–Kier alpha value is -3.13. The van der Waals surface area contributed by atoms with Crippen molar-refractivity contribution in [3.05, 3.63) is 42.5 Å². The molecule has 0 aliphatic carbocycles. The van der Waals surface area contributed by atoms with Crippen LogP contribution >= 0.6 is 11.3 Å². The Kier molecular flexibility index (Phi) is 4.87. The van der Waals surface area contributed by atoms with E-state index in [0.717, 1.165) is 16.0 Å². The van der Waals surface area contributed by atoms with Crippen LogP contribution in [-0.2, 0) is 9.59 Å². The van der Waals surface area contributed by atoms with E-state index < -0.39 is 6.10 Å². The molecule has 8 heteroatoms. The quantitative estimate of drug-likeness (QED) is 0.729. The van der Waals surface area contributed by atoms with Gasteiger partial charge in [0, 0.05) is 6.92 Å². The second kappa shape index (κ2) is 7.47. The van der Waals surface area contributed by atoms with Gasteiger partial charge in [-0.15, -0.1) is 0 Å². The van der Waals surface area contributed by atoms with Gasteiger partial charge >= 0.3 is 0 Å². The van der Waals surface area contributed by atoms with Crippen LogP contribution in [0.5, 0.6) is 11.5 Å². The molecule has 0 bridgehead atoms. The number of nitrogens with zero attached hydrogens (tertiary/aromatic N) is 2. The fraction of sp³-hybridized carbons (Fsp3) is 0.250. The molecule has 0 saturated heterocycles. The van der Waals surface area contributed by atoms with E-state index in [-0.39, 0.29) is 18.4 Å². The maximum atomic E-state index is 12.8. The first kappa shape index (κ1) is 18.2. The Morgan fingerprint density at radius 3 is 2.93 bits per heavy atom. The highest BCUT2D eigenvalue weighted by Gasteiger charge is 2.32. The number of para-hydroxylation sites is 2. The normalized spacial score (nSPS) is 15.6. The summed E-state index contributed by atoms with van der Waals surface area (Å²) in [6, 6.07) is 12.8. The summed E-state index contributed by atoms with van der Waals surface area (Å²) in [5, 5.41) is 3.28. The summed E-state index contributed by atoms with van der Waals surface area (Å²) in [6.07, 6.45) is -0.815. The zero-order chi connectivity index (χ0) is 19.7. The van der Waals surface area contributed by atoms with E-state index in [1.807, 2.05) is 31.2 Å². The first-order valence-corrected chi connectivity index (χ1v) is 9.75. The number of carbonyl (C=O) groups excluding carboxylic acids is 2. The topological polar surface area (TPSA) is 80.8 Å². The number of anilines is 2. The zero-order valence-corrected chi connectivity index (χ0v) is 16.3. The van der Waals surface area contributed by atoms with Crippen LogP contribution < -0.4 is 19.7 Å². The second-order valence-electron chi connectivity index (χ2n) is 6.27. The van der Waals surface area contributed by atoms with Crippen LogP contribution in [0.1, 0.15) is 13.8 Å². The largest absolute Gasteiger partial charge is 0.494 e. The minimum Gasteiger partial charge on any atom is -0.494 e. The Bertz CT molecular complexity index is 1050. The molecule has 1 unspecified atom stereocenters. The van der Waals surface area contributed by atoms with Gasteiger partial charge in [-0.25, -0.2) is 4.98 Å². The maximum absolute atomic E-state index is 12.8. The molecule has 3 aromatic rings. The predicted molar refractivity (Wildman–Crippen MR) is 108 cm³/mol. The molecule has 7 nitrogen and oxygen atoms in total. The molecular weight excluding hydrogens is 378 g/mol. The molecule has 4 rings (SSSR count). The Morgan fingerprint density at radius 1 is 1.32 bits per heavy atom. The molecular formula is C20H19N3O4S. The number of carbonyl (C=O) groups is 2. The van der Waals surface area contributed by atoms with Crippen molar-refractivity contribution in [2.24, 2.45) is 0 Å². The molecule has 2 amide bonds. The van der Waals surface area contributed by atoms with Crippen LogP contribution in [-0.4, -0.2) is 36.1 Å². The van der Waals surface area contributed by atoms with E-state index in [1.54, 1.807) is 23.1 Å². The molecule has 2 heterocycles. The van der Waals surface area contributed by atoms with Gasteiger partial charge in [0.2, 0.25) is 5.91 Å². The van der Waals surface area contributed by atoms with Gasteiger partial charge in [0.1, 0.15) is 11.5 Å². The highest BCUT2D eigenvalue weighted by atomic mass is 32.1. The number of amides is 2. The SMILES string of the molecule is CCOc1ccc2nc(NC(=O)C3CN(C(C)=O)c4ccccc4O3)sc2c1. The van der Waals surface area contributed by atoms with E-state index >= 15 is 0 Å². The second-order valence-corrected chi connectivity index (χ2v) is 7.31. The summed E-state index contributed by atoms with van der Waals surface area (Å²) >= 11 is 1.36.